The summed E-state index contributed by atoms with van der Waals surface area (Å²) in [6.07, 6.45) is 0. The molecule has 204 valence electrons. The van der Waals surface area contributed by atoms with Crippen LogP contribution in [-0.4, -0.2) is 53.5 Å². The van der Waals surface area contributed by atoms with E-state index < -0.39 is 11.7 Å². The molecule has 4 aromatic rings. The molecule has 0 aliphatic carbocycles. The Hall–Kier alpha value is -4.59. The lowest BCUT2D eigenvalue weighted by molar-refractivity contribution is -0.112. The average molecular weight is 536 g/mol. The van der Waals surface area contributed by atoms with E-state index in [1.165, 1.54) is 5.56 Å². The van der Waals surface area contributed by atoms with E-state index in [2.05, 4.69) is 34.2 Å². The Balaban J connectivity index is 1.18. The maximum Gasteiger partial charge on any atom is 0.298 e. The quantitative estimate of drug-likeness (QED) is 0.289. The summed E-state index contributed by atoms with van der Waals surface area (Å²) in [7, 11) is 1.81. The molecule has 0 radical (unpaired) electrons. The molecule has 2 aliphatic heterocycles. The lowest BCUT2D eigenvalue weighted by Gasteiger charge is -2.46. The molecule has 6 rings (SSSR count). The highest BCUT2D eigenvalue weighted by atomic mass is 16.5. The molecule has 1 fully saturated rings. The average Bonchev–Trinajstić information content (AvgIpc) is 3.25. The first kappa shape index (κ1) is 25.7. The van der Waals surface area contributed by atoms with Gasteiger partial charge < -0.3 is 24.4 Å². The molecule has 40 heavy (non-hydrogen) atoms. The number of hydrogen-bond acceptors (Lipinski definition) is 6. The fourth-order valence-corrected chi connectivity index (χ4v) is 5.77. The molecular weight excluding hydrogens is 502 g/mol. The second kappa shape index (κ2) is 10.2. The Bertz CT molecular complexity index is 1590. The van der Waals surface area contributed by atoms with Gasteiger partial charge in [-0.25, -0.2) is 4.98 Å². The molecule has 0 unspecified atom stereocenters. The van der Waals surface area contributed by atoms with Crippen LogP contribution in [0.2, 0.25) is 0 Å². The number of ketones is 1. The van der Waals surface area contributed by atoms with Gasteiger partial charge in [0, 0.05) is 55.4 Å². The van der Waals surface area contributed by atoms with Crippen molar-refractivity contribution < 1.29 is 14.3 Å². The van der Waals surface area contributed by atoms with Gasteiger partial charge in [-0.05, 0) is 62.2 Å². The highest BCUT2D eigenvalue weighted by Gasteiger charge is 2.34. The number of piperazine rings is 1. The van der Waals surface area contributed by atoms with Crippen LogP contribution in [0.5, 0.6) is 5.75 Å². The van der Waals surface area contributed by atoms with E-state index in [1.54, 1.807) is 11.6 Å². The second-order valence-corrected chi connectivity index (χ2v) is 10.7. The van der Waals surface area contributed by atoms with Gasteiger partial charge in [-0.3, -0.25) is 9.59 Å². The van der Waals surface area contributed by atoms with Crippen LogP contribution in [0.4, 0.5) is 17.2 Å². The van der Waals surface area contributed by atoms with E-state index in [0.717, 1.165) is 53.7 Å². The minimum atomic E-state index is -0.679. The third-order valence-corrected chi connectivity index (χ3v) is 7.83. The minimum absolute atomic E-state index is 0.197. The maximum absolute atomic E-state index is 13.4. The number of rotatable bonds is 5. The number of anilines is 3. The Labute approximate surface area is 234 Å². The zero-order chi connectivity index (χ0) is 28.0. The number of aryl methyl sites for hydroxylation is 3. The van der Waals surface area contributed by atoms with Crippen molar-refractivity contribution in [3.8, 4) is 16.9 Å². The van der Waals surface area contributed by atoms with Gasteiger partial charge in [-0.1, -0.05) is 30.3 Å². The van der Waals surface area contributed by atoms with Crippen molar-refractivity contribution in [2.45, 2.75) is 26.8 Å². The van der Waals surface area contributed by atoms with Crippen molar-refractivity contribution in [1.29, 1.82) is 0 Å². The first-order chi connectivity index (χ1) is 19.3. The first-order valence-corrected chi connectivity index (χ1v) is 13.6. The molecule has 8 heteroatoms. The maximum atomic E-state index is 13.4. The number of fused-ring (bicyclic) bond motifs is 3. The molecule has 1 saturated heterocycles. The van der Waals surface area contributed by atoms with Crippen LogP contribution >= 0.6 is 0 Å². The molecule has 0 spiro atoms. The molecule has 0 bridgehead atoms. The molecule has 8 nitrogen and oxygen atoms in total. The number of carbonyl (C=O) groups is 2. The molecule has 1 amide bonds. The van der Waals surface area contributed by atoms with Crippen molar-refractivity contribution in [2.24, 2.45) is 7.05 Å². The van der Waals surface area contributed by atoms with Crippen LogP contribution in [0, 0.1) is 20.8 Å². The summed E-state index contributed by atoms with van der Waals surface area (Å²) in [5, 5.41) is 2.80. The fraction of sp³-hybridized carbons (Fsp3) is 0.281. The van der Waals surface area contributed by atoms with E-state index in [9.17, 15) is 9.59 Å². The largest absolute Gasteiger partial charge is 0.489 e. The molecule has 2 aromatic carbocycles. The summed E-state index contributed by atoms with van der Waals surface area (Å²) in [5.41, 5.74) is 6.67. The second-order valence-electron chi connectivity index (χ2n) is 10.7. The molecule has 4 heterocycles. The number of benzene rings is 2. The van der Waals surface area contributed by atoms with Crippen LogP contribution < -0.4 is 19.9 Å². The van der Waals surface area contributed by atoms with Crippen LogP contribution in [0.1, 0.15) is 27.4 Å². The molecule has 0 saturated carbocycles. The van der Waals surface area contributed by atoms with E-state index in [4.69, 9.17) is 9.72 Å². The van der Waals surface area contributed by atoms with Gasteiger partial charge in [0.25, 0.3) is 11.7 Å². The van der Waals surface area contributed by atoms with Gasteiger partial charge >= 0.3 is 0 Å². The Kier molecular flexibility index (Phi) is 6.54. The van der Waals surface area contributed by atoms with Gasteiger partial charge in [-0.15, -0.1) is 0 Å². The molecule has 2 aliphatic rings. The zero-order valence-electron chi connectivity index (χ0n) is 23.3. The lowest BCUT2D eigenvalue weighted by Crippen LogP contribution is -2.57. The summed E-state index contributed by atoms with van der Waals surface area (Å²) in [6.45, 7) is 9.11. The zero-order valence-corrected chi connectivity index (χ0v) is 23.3. The number of amides is 1. The summed E-state index contributed by atoms with van der Waals surface area (Å²) < 4.78 is 7.93. The third-order valence-electron chi connectivity index (χ3n) is 7.83. The monoisotopic (exact) mass is 535 g/mol. The minimum Gasteiger partial charge on any atom is -0.489 e. The third kappa shape index (κ3) is 4.70. The van der Waals surface area contributed by atoms with Gasteiger partial charge in [0.1, 0.15) is 23.9 Å². The number of hydrogen-bond donors (Lipinski definition) is 1. The van der Waals surface area contributed by atoms with Gasteiger partial charge in [0.15, 0.2) is 0 Å². The SMILES string of the molecule is Cc1cc(C)nc(N2CCN3c4ccc(NC(=O)C(=O)c5c(-c6ccccc6)cc(C)n5C)cc4OC[C@H]3C2)c1. The standard InChI is InChI=1S/C32H33N5O3/c1-20-14-21(2)33-29(15-20)36-12-13-37-25(18-36)19-40-28-17-24(10-11-27(28)37)34-32(39)31(38)30-26(16-22(3)35(30)4)23-8-6-5-7-9-23/h5-11,14-17,25H,12-13,18-19H2,1-4H3,(H,34,39)/t25-/m1/s1. The highest BCUT2D eigenvalue weighted by molar-refractivity contribution is 6.47. The van der Waals surface area contributed by atoms with Crippen LogP contribution in [0.15, 0.2) is 66.7 Å². The molecule has 2 aromatic heterocycles. The van der Waals surface area contributed by atoms with Crippen LogP contribution in [-0.2, 0) is 11.8 Å². The predicted molar refractivity (Wildman–Crippen MR) is 158 cm³/mol. The predicted octanol–water partition coefficient (Wildman–Crippen LogP) is 4.92. The Morgan fingerprint density at radius 1 is 0.975 bits per heavy atom. The Morgan fingerprint density at radius 3 is 2.55 bits per heavy atom. The van der Waals surface area contributed by atoms with Crippen molar-refractivity contribution in [2.75, 3.05) is 41.4 Å². The summed E-state index contributed by atoms with van der Waals surface area (Å²) in [6, 6.07) is 21.6. The first-order valence-electron chi connectivity index (χ1n) is 13.6. The van der Waals surface area contributed by atoms with Crippen LogP contribution in [0.3, 0.4) is 0 Å². The number of aromatic nitrogens is 2. The number of nitrogens with zero attached hydrogens (tertiary/aromatic N) is 4. The van der Waals surface area contributed by atoms with Crippen molar-refractivity contribution in [3.63, 3.8) is 0 Å². The van der Waals surface area contributed by atoms with Gasteiger partial charge in [0.05, 0.1) is 11.7 Å². The lowest BCUT2D eigenvalue weighted by atomic mass is 10.0. The van der Waals surface area contributed by atoms with E-state index >= 15 is 0 Å². The number of Topliss-reactive ketones (excluding diaryl/α,β-unsaturated/α-hetero) is 1. The smallest absolute Gasteiger partial charge is 0.298 e. The van der Waals surface area contributed by atoms with Crippen molar-refractivity contribution in [3.05, 3.63) is 89.4 Å². The summed E-state index contributed by atoms with van der Waals surface area (Å²) in [5.74, 6) is 0.458. The topological polar surface area (TPSA) is 79.7 Å². The van der Waals surface area contributed by atoms with Crippen LogP contribution in [0.25, 0.3) is 11.1 Å². The number of carbonyl (C=O) groups excluding carboxylic acids is 2. The van der Waals surface area contributed by atoms with Crippen molar-refractivity contribution in [1.82, 2.24) is 9.55 Å². The normalized spacial score (nSPS) is 16.1. The summed E-state index contributed by atoms with van der Waals surface area (Å²) in [4.78, 5) is 35.9. The van der Waals surface area contributed by atoms with Crippen molar-refractivity contribution >= 4 is 28.9 Å². The van der Waals surface area contributed by atoms with Gasteiger partial charge in [0.2, 0.25) is 0 Å². The number of ether oxygens (including phenoxy) is 1. The molecule has 1 atom stereocenters. The number of nitrogens with one attached hydrogen (secondary N) is 1. The number of pyridine rings is 1. The van der Waals surface area contributed by atoms with E-state index in [1.807, 2.05) is 68.4 Å². The molecular formula is C32H33N5O3. The van der Waals surface area contributed by atoms with Gasteiger partial charge in [-0.2, -0.15) is 0 Å². The van der Waals surface area contributed by atoms with E-state index in [-0.39, 0.29) is 6.04 Å². The summed E-state index contributed by atoms with van der Waals surface area (Å²) >= 11 is 0. The Morgan fingerprint density at radius 2 is 1.77 bits per heavy atom. The van der Waals surface area contributed by atoms with E-state index in [0.29, 0.717) is 23.7 Å². The fourth-order valence-electron chi connectivity index (χ4n) is 5.77. The molecule has 1 N–H and O–H groups in total. The highest BCUT2D eigenvalue weighted by Crippen LogP contribution is 2.38.